The Kier molecular flexibility index (Phi) is 7.85. The monoisotopic (exact) mass is 453 g/mol. The van der Waals surface area contributed by atoms with Gasteiger partial charge in [0.2, 0.25) is 15.9 Å². The van der Waals surface area contributed by atoms with E-state index in [2.05, 4.69) is 10.6 Å². The molecule has 0 atom stereocenters. The van der Waals surface area contributed by atoms with Crippen LogP contribution in [0.5, 0.6) is 0 Å². The quantitative estimate of drug-likeness (QED) is 0.601. The van der Waals surface area contributed by atoms with Gasteiger partial charge in [0.1, 0.15) is 11.6 Å². The van der Waals surface area contributed by atoms with Crippen molar-refractivity contribution in [2.75, 3.05) is 26.0 Å². The number of rotatable bonds is 8. The lowest BCUT2D eigenvalue weighted by molar-refractivity contribution is -0.116. The second-order valence-electron chi connectivity index (χ2n) is 7.23. The number of aryl methyl sites for hydroxylation is 1. The molecule has 0 bridgehead atoms. The first-order valence-electron chi connectivity index (χ1n) is 9.50. The smallest absolute Gasteiger partial charge is 0.254 e. The second kappa shape index (κ2) is 9.97. The fourth-order valence-corrected chi connectivity index (χ4v) is 3.76. The van der Waals surface area contributed by atoms with Gasteiger partial charge in [-0.2, -0.15) is 0 Å². The first-order valence-corrected chi connectivity index (χ1v) is 10.9. The molecule has 0 aliphatic heterocycles. The van der Waals surface area contributed by atoms with E-state index in [1.54, 1.807) is 19.9 Å². The highest BCUT2D eigenvalue weighted by atomic mass is 32.2. The van der Waals surface area contributed by atoms with E-state index >= 15 is 0 Å². The molecule has 2 aromatic carbocycles. The van der Waals surface area contributed by atoms with Crippen molar-refractivity contribution in [2.24, 2.45) is 0 Å². The van der Waals surface area contributed by atoms with Crippen molar-refractivity contribution < 1.29 is 26.8 Å². The Balaban J connectivity index is 1.96. The van der Waals surface area contributed by atoms with Crippen LogP contribution in [0.4, 0.5) is 14.5 Å². The number of carbonyl (C=O) groups excluding carboxylic acids is 2. The number of anilines is 1. The molecule has 0 radical (unpaired) electrons. The summed E-state index contributed by atoms with van der Waals surface area (Å²) in [6, 6.07) is 5.61. The third kappa shape index (κ3) is 6.08. The molecule has 0 aromatic heterocycles. The van der Waals surface area contributed by atoms with Gasteiger partial charge in [0.25, 0.3) is 5.91 Å². The number of nitrogens with one attached hydrogen (secondary N) is 2. The van der Waals surface area contributed by atoms with E-state index in [1.807, 2.05) is 0 Å². The summed E-state index contributed by atoms with van der Waals surface area (Å²) in [7, 11) is -0.806. The zero-order chi connectivity index (χ0) is 23.3. The molecular weight excluding hydrogens is 428 g/mol. The lowest BCUT2D eigenvalue weighted by Crippen LogP contribution is -2.26. The summed E-state index contributed by atoms with van der Waals surface area (Å²) in [6.45, 7) is 3.63. The first-order chi connectivity index (χ1) is 14.4. The Bertz CT molecular complexity index is 1100. The summed E-state index contributed by atoms with van der Waals surface area (Å²) < 4.78 is 52.4. The molecule has 0 unspecified atom stereocenters. The molecule has 7 nitrogen and oxygen atoms in total. The molecule has 31 heavy (non-hydrogen) atoms. The van der Waals surface area contributed by atoms with Gasteiger partial charge in [-0.05, 0) is 55.7 Å². The van der Waals surface area contributed by atoms with Crippen molar-refractivity contribution in [1.29, 1.82) is 0 Å². The fraction of sp³-hybridized carbons (Fsp3) is 0.333. The number of benzene rings is 2. The molecule has 0 saturated heterocycles. The molecule has 2 N–H and O–H groups in total. The molecule has 10 heteroatoms. The minimum Gasteiger partial charge on any atom is -0.352 e. The average Bonchev–Trinajstić information content (AvgIpc) is 2.68. The van der Waals surface area contributed by atoms with Gasteiger partial charge < -0.3 is 10.6 Å². The van der Waals surface area contributed by atoms with Crippen molar-refractivity contribution in [3.05, 3.63) is 58.7 Å². The third-order valence-electron chi connectivity index (χ3n) is 4.74. The predicted octanol–water partition coefficient (Wildman–Crippen LogP) is 2.98. The maximum atomic E-state index is 13.6. The minimum atomic E-state index is -3.66. The van der Waals surface area contributed by atoms with Crippen molar-refractivity contribution in [1.82, 2.24) is 9.62 Å². The number of hydrogen-bond donors (Lipinski definition) is 2. The van der Waals surface area contributed by atoms with E-state index in [0.717, 1.165) is 22.0 Å². The van der Waals surface area contributed by atoms with Crippen LogP contribution in [0.25, 0.3) is 0 Å². The normalized spacial score (nSPS) is 11.5. The van der Waals surface area contributed by atoms with Gasteiger partial charge in [-0.15, -0.1) is 0 Å². The molecule has 2 amide bonds. The van der Waals surface area contributed by atoms with Gasteiger partial charge in [-0.25, -0.2) is 21.5 Å². The summed E-state index contributed by atoms with van der Waals surface area (Å²) in [5.41, 5.74) is 1.57. The SMILES string of the molecule is Cc1cc(S(=O)(=O)N(C)C)cc(NC(=O)CCCNC(=O)c2ccc(F)cc2F)c1C. The standard InChI is InChI=1S/C21H25F2N3O4S/c1-13-10-16(31(29,30)26(3)4)12-19(14(13)2)25-20(27)6-5-9-24-21(28)17-8-7-15(22)11-18(17)23/h7-8,10-12H,5-6,9H2,1-4H3,(H,24,28)(H,25,27). The zero-order valence-electron chi connectivity index (χ0n) is 17.8. The van der Waals surface area contributed by atoms with Crippen LogP contribution in [-0.2, 0) is 14.8 Å². The van der Waals surface area contributed by atoms with Crippen molar-refractivity contribution in [2.45, 2.75) is 31.6 Å². The van der Waals surface area contributed by atoms with E-state index in [-0.39, 0.29) is 35.8 Å². The minimum absolute atomic E-state index is 0.0509. The van der Waals surface area contributed by atoms with Crippen molar-refractivity contribution in [3.8, 4) is 0 Å². The molecule has 168 valence electrons. The highest BCUT2D eigenvalue weighted by Crippen LogP contribution is 2.25. The lowest BCUT2D eigenvalue weighted by atomic mass is 10.1. The van der Waals surface area contributed by atoms with E-state index in [1.165, 1.54) is 20.2 Å². The highest BCUT2D eigenvalue weighted by molar-refractivity contribution is 7.89. The van der Waals surface area contributed by atoms with E-state index in [4.69, 9.17) is 0 Å². The number of amides is 2. The zero-order valence-corrected chi connectivity index (χ0v) is 18.6. The number of carbonyl (C=O) groups is 2. The van der Waals surface area contributed by atoms with Crippen LogP contribution in [0.1, 0.15) is 34.3 Å². The fourth-order valence-electron chi connectivity index (χ4n) is 2.75. The predicted molar refractivity (Wildman–Crippen MR) is 113 cm³/mol. The van der Waals surface area contributed by atoms with Crippen LogP contribution in [0, 0.1) is 25.5 Å². The maximum absolute atomic E-state index is 13.6. The van der Waals surface area contributed by atoms with E-state index in [9.17, 15) is 26.8 Å². The largest absolute Gasteiger partial charge is 0.352 e. The maximum Gasteiger partial charge on any atom is 0.254 e. The van der Waals surface area contributed by atoms with Crippen molar-refractivity contribution in [3.63, 3.8) is 0 Å². The number of nitrogens with zero attached hydrogens (tertiary/aromatic N) is 1. The topological polar surface area (TPSA) is 95.6 Å². The summed E-state index contributed by atoms with van der Waals surface area (Å²) in [6.07, 6.45) is 0.323. The summed E-state index contributed by atoms with van der Waals surface area (Å²) in [5.74, 6) is -2.80. The number of hydrogen-bond acceptors (Lipinski definition) is 4. The number of halogens is 2. The highest BCUT2D eigenvalue weighted by Gasteiger charge is 2.20. The third-order valence-corrected chi connectivity index (χ3v) is 6.53. The van der Waals surface area contributed by atoms with Crippen LogP contribution in [-0.4, -0.2) is 45.2 Å². The molecular formula is C21H25F2N3O4S. The van der Waals surface area contributed by atoms with Gasteiger partial charge in [0, 0.05) is 38.8 Å². The summed E-state index contributed by atoms with van der Waals surface area (Å²) >= 11 is 0. The van der Waals surface area contributed by atoms with Gasteiger partial charge in [-0.3, -0.25) is 9.59 Å². The molecule has 0 aliphatic carbocycles. The van der Waals surface area contributed by atoms with Crippen LogP contribution < -0.4 is 10.6 Å². The Morgan fingerprint density at radius 2 is 1.74 bits per heavy atom. The second-order valence-corrected chi connectivity index (χ2v) is 9.38. The Morgan fingerprint density at radius 3 is 2.35 bits per heavy atom. The Hall–Kier alpha value is -2.85. The van der Waals surface area contributed by atoms with Gasteiger partial charge in [0.05, 0.1) is 10.5 Å². The first kappa shape index (κ1) is 24.4. The average molecular weight is 454 g/mol. The van der Waals surface area contributed by atoms with Crippen molar-refractivity contribution >= 4 is 27.5 Å². The van der Waals surface area contributed by atoms with Gasteiger partial charge in [-0.1, -0.05) is 0 Å². The van der Waals surface area contributed by atoms with E-state index < -0.39 is 27.6 Å². The molecule has 2 rings (SSSR count). The summed E-state index contributed by atoms with van der Waals surface area (Å²) in [4.78, 5) is 24.3. The van der Waals surface area contributed by atoms with Gasteiger partial charge >= 0.3 is 0 Å². The van der Waals surface area contributed by atoms with Crippen LogP contribution in [0.15, 0.2) is 35.2 Å². The van der Waals surface area contributed by atoms with Gasteiger partial charge in [0.15, 0.2) is 0 Å². The number of sulfonamides is 1. The van der Waals surface area contributed by atoms with Crippen LogP contribution in [0.3, 0.4) is 0 Å². The molecule has 0 heterocycles. The molecule has 0 fully saturated rings. The molecule has 2 aromatic rings. The molecule has 0 spiro atoms. The van der Waals surface area contributed by atoms with E-state index in [0.29, 0.717) is 17.3 Å². The molecule has 0 saturated carbocycles. The van der Waals surface area contributed by atoms with Crippen LogP contribution in [0.2, 0.25) is 0 Å². The Morgan fingerprint density at radius 1 is 1.06 bits per heavy atom. The molecule has 0 aliphatic rings. The Labute approximate surface area is 180 Å². The summed E-state index contributed by atoms with van der Waals surface area (Å²) in [5, 5.41) is 5.18. The van der Waals surface area contributed by atoms with Crippen LogP contribution >= 0.6 is 0 Å². The lowest BCUT2D eigenvalue weighted by Gasteiger charge is -2.16.